The number of carbonyl (C=O) groups is 2. The lowest BCUT2D eigenvalue weighted by Crippen LogP contribution is -2.31. The number of aliphatic carboxylic acids is 2. The fourth-order valence-corrected chi connectivity index (χ4v) is 1.48. The quantitative estimate of drug-likeness (QED) is 0.679. The fourth-order valence-electron chi connectivity index (χ4n) is 1.48. The van der Waals surface area contributed by atoms with E-state index in [1.54, 1.807) is 18.2 Å². The van der Waals surface area contributed by atoms with Gasteiger partial charge in [0.1, 0.15) is 17.5 Å². The Bertz CT molecular complexity index is 473. The molecule has 0 aliphatic heterocycles. The van der Waals surface area contributed by atoms with Gasteiger partial charge >= 0.3 is 11.9 Å². The Morgan fingerprint density at radius 2 is 1.95 bits per heavy atom. The number of hydrogen-bond donors (Lipinski definition) is 3. The summed E-state index contributed by atoms with van der Waals surface area (Å²) in [6.07, 6.45) is -0.537. The van der Waals surface area contributed by atoms with Crippen LogP contribution in [0.5, 0.6) is 11.5 Å². The van der Waals surface area contributed by atoms with Crippen LogP contribution in [-0.4, -0.2) is 42.4 Å². The van der Waals surface area contributed by atoms with Gasteiger partial charge in [-0.15, -0.1) is 0 Å². The topological polar surface area (TPSA) is 105 Å². The SMILES string of the molecule is COc1ccc(NC(CC(=O)O)C(=O)O)c(OC)c1. The molecule has 0 saturated heterocycles. The molecule has 1 aromatic carbocycles. The molecule has 0 fully saturated rings. The highest BCUT2D eigenvalue weighted by Gasteiger charge is 2.22. The summed E-state index contributed by atoms with van der Waals surface area (Å²) in [6, 6.07) is 3.52. The summed E-state index contributed by atoms with van der Waals surface area (Å²) in [5.74, 6) is -1.53. The summed E-state index contributed by atoms with van der Waals surface area (Å²) in [7, 11) is 2.92. The van der Waals surface area contributed by atoms with Crippen molar-refractivity contribution in [1.82, 2.24) is 0 Å². The number of nitrogens with one attached hydrogen (secondary N) is 1. The van der Waals surface area contributed by atoms with E-state index in [9.17, 15) is 9.59 Å². The van der Waals surface area contributed by atoms with Crippen LogP contribution in [0.4, 0.5) is 5.69 Å². The van der Waals surface area contributed by atoms with Gasteiger partial charge in [0.25, 0.3) is 0 Å². The Hall–Kier alpha value is -2.44. The van der Waals surface area contributed by atoms with Gasteiger partial charge in [-0.1, -0.05) is 0 Å². The first-order valence-electron chi connectivity index (χ1n) is 5.41. The molecule has 104 valence electrons. The van der Waals surface area contributed by atoms with Gasteiger partial charge in [0, 0.05) is 6.07 Å². The van der Waals surface area contributed by atoms with Crippen molar-refractivity contribution < 1.29 is 29.3 Å². The van der Waals surface area contributed by atoms with Crippen LogP contribution in [-0.2, 0) is 9.59 Å². The molecule has 0 bridgehead atoms. The minimum Gasteiger partial charge on any atom is -0.497 e. The van der Waals surface area contributed by atoms with E-state index in [-0.39, 0.29) is 0 Å². The summed E-state index contributed by atoms with van der Waals surface area (Å²) in [5.41, 5.74) is 0.386. The molecule has 3 N–H and O–H groups in total. The molecule has 7 heteroatoms. The van der Waals surface area contributed by atoms with E-state index < -0.39 is 24.4 Å². The van der Waals surface area contributed by atoms with E-state index in [0.717, 1.165) is 0 Å². The van der Waals surface area contributed by atoms with Crippen molar-refractivity contribution in [3.8, 4) is 11.5 Å². The number of anilines is 1. The average molecular weight is 269 g/mol. The van der Waals surface area contributed by atoms with E-state index in [4.69, 9.17) is 19.7 Å². The van der Waals surface area contributed by atoms with Crippen LogP contribution in [0.1, 0.15) is 6.42 Å². The van der Waals surface area contributed by atoms with Gasteiger partial charge in [-0.25, -0.2) is 4.79 Å². The molecule has 0 aliphatic rings. The predicted octanol–water partition coefficient (Wildman–Crippen LogP) is 1.04. The smallest absolute Gasteiger partial charge is 0.326 e. The number of ether oxygens (including phenoxy) is 2. The van der Waals surface area contributed by atoms with Gasteiger partial charge in [-0.05, 0) is 12.1 Å². The van der Waals surface area contributed by atoms with Gasteiger partial charge in [0.15, 0.2) is 0 Å². The molecule has 19 heavy (non-hydrogen) atoms. The normalized spacial score (nSPS) is 11.5. The first kappa shape index (κ1) is 14.6. The lowest BCUT2D eigenvalue weighted by atomic mass is 10.2. The van der Waals surface area contributed by atoms with Crippen molar-refractivity contribution in [2.24, 2.45) is 0 Å². The van der Waals surface area contributed by atoms with Crippen molar-refractivity contribution in [3.63, 3.8) is 0 Å². The van der Waals surface area contributed by atoms with Gasteiger partial charge in [0.2, 0.25) is 0 Å². The Morgan fingerprint density at radius 1 is 1.26 bits per heavy atom. The lowest BCUT2D eigenvalue weighted by molar-refractivity contribution is -0.144. The van der Waals surface area contributed by atoms with Crippen LogP contribution in [0.25, 0.3) is 0 Å². The van der Waals surface area contributed by atoms with Crippen molar-refractivity contribution in [3.05, 3.63) is 18.2 Å². The molecule has 0 saturated carbocycles. The van der Waals surface area contributed by atoms with Gasteiger partial charge in [0.05, 0.1) is 26.3 Å². The number of carboxylic acid groups (broad SMARTS) is 2. The van der Waals surface area contributed by atoms with Gasteiger partial charge < -0.3 is 25.0 Å². The highest BCUT2D eigenvalue weighted by Crippen LogP contribution is 2.29. The van der Waals surface area contributed by atoms with E-state index in [2.05, 4.69) is 5.32 Å². The summed E-state index contributed by atoms with van der Waals surface area (Å²) >= 11 is 0. The van der Waals surface area contributed by atoms with E-state index in [1.807, 2.05) is 0 Å². The second-order valence-corrected chi connectivity index (χ2v) is 3.70. The van der Waals surface area contributed by atoms with E-state index in [0.29, 0.717) is 17.2 Å². The third-order valence-corrected chi connectivity index (χ3v) is 2.42. The number of methoxy groups -OCH3 is 2. The molecule has 7 nitrogen and oxygen atoms in total. The Balaban J connectivity index is 2.95. The second-order valence-electron chi connectivity index (χ2n) is 3.70. The molecule has 0 radical (unpaired) electrons. The standard InChI is InChI=1S/C12H15NO6/c1-18-7-3-4-8(10(5-7)19-2)13-9(12(16)17)6-11(14)15/h3-5,9,13H,6H2,1-2H3,(H,14,15)(H,16,17). The largest absolute Gasteiger partial charge is 0.497 e. The van der Waals surface area contributed by atoms with Crippen molar-refractivity contribution >= 4 is 17.6 Å². The zero-order valence-corrected chi connectivity index (χ0v) is 10.5. The van der Waals surface area contributed by atoms with Crippen molar-refractivity contribution in [2.45, 2.75) is 12.5 Å². The van der Waals surface area contributed by atoms with Crippen LogP contribution in [0.3, 0.4) is 0 Å². The third-order valence-electron chi connectivity index (χ3n) is 2.42. The minimum absolute atomic E-state index is 0.371. The van der Waals surface area contributed by atoms with Crippen molar-refractivity contribution in [1.29, 1.82) is 0 Å². The number of benzene rings is 1. The van der Waals surface area contributed by atoms with Crippen LogP contribution < -0.4 is 14.8 Å². The maximum Gasteiger partial charge on any atom is 0.326 e. The number of hydrogen-bond acceptors (Lipinski definition) is 5. The molecular formula is C12H15NO6. The first-order valence-corrected chi connectivity index (χ1v) is 5.41. The molecule has 1 atom stereocenters. The zero-order chi connectivity index (χ0) is 14.4. The van der Waals surface area contributed by atoms with Gasteiger partial charge in [-0.2, -0.15) is 0 Å². The molecular weight excluding hydrogens is 254 g/mol. The number of carboxylic acids is 2. The summed E-state index contributed by atoms with van der Waals surface area (Å²) in [6.45, 7) is 0. The Morgan fingerprint density at radius 3 is 2.42 bits per heavy atom. The summed E-state index contributed by atoms with van der Waals surface area (Å²) in [4.78, 5) is 21.6. The molecule has 1 rings (SSSR count). The molecule has 0 aliphatic carbocycles. The zero-order valence-electron chi connectivity index (χ0n) is 10.5. The Kier molecular flexibility index (Phi) is 4.99. The molecule has 0 heterocycles. The lowest BCUT2D eigenvalue weighted by Gasteiger charge is -2.16. The van der Waals surface area contributed by atoms with Crippen molar-refractivity contribution in [2.75, 3.05) is 19.5 Å². The molecule has 1 aromatic rings. The third kappa shape index (κ3) is 4.06. The van der Waals surface area contributed by atoms with Gasteiger partial charge in [-0.3, -0.25) is 4.79 Å². The fraction of sp³-hybridized carbons (Fsp3) is 0.333. The van der Waals surface area contributed by atoms with E-state index in [1.165, 1.54) is 14.2 Å². The van der Waals surface area contributed by atoms with E-state index >= 15 is 0 Å². The first-order chi connectivity index (χ1) is 8.97. The molecule has 0 amide bonds. The maximum atomic E-state index is 11.0. The summed E-state index contributed by atoms with van der Waals surface area (Å²) in [5, 5.41) is 20.2. The van der Waals surface area contributed by atoms with Crippen LogP contribution in [0.15, 0.2) is 18.2 Å². The van der Waals surface area contributed by atoms with Crippen LogP contribution in [0.2, 0.25) is 0 Å². The number of rotatable bonds is 7. The summed E-state index contributed by atoms with van der Waals surface area (Å²) < 4.78 is 10.1. The highest BCUT2D eigenvalue weighted by atomic mass is 16.5. The van der Waals surface area contributed by atoms with Crippen LogP contribution in [0, 0.1) is 0 Å². The highest BCUT2D eigenvalue weighted by molar-refractivity contribution is 5.84. The molecule has 1 unspecified atom stereocenters. The molecule has 0 aromatic heterocycles. The molecule has 0 spiro atoms. The second kappa shape index (κ2) is 6.48. The van der Waals surface area contributed by atoms with Crippen LogP contribution >= 0.6 is 0 Å². The average Bonchev–Trinajstić information content (AvgIpc) is 2.37. The minimum atomic E-state index is -1.25. The monoisotopic (exact) mass is 269 g/mol. The Labute approximate surface area is 109 Å². The maximum absolute atomic E-state index is 11.0. The predicted molar refractivity (Wildman–Crippen MR) is 66.8 cm³/mol.